The molecular weight excluding hydrogens is 388 g/mol. The van der Waals surface area contributed by atoms with Crippen molar-refractivity contribution in [2.24, 2.45) is 0 Å². The van der Waals surface area contributed by atoms with Gasteiger partial charge in [0.1, 0.15) is 5.75 Å². The lowest BCUT2D eigenvalue weighted by atomic mass is 10.2. The van der Waals surface area contributed by atoms with E-state index in [1.807, 2.05) is 26.0 Å². The fourth-order valence-corrected chi connectivity index (χ4v) is 4.03. The van der Waals surface area contributed by atoms with E-state index < -0.39 is 16.1 Å². The Balaban J connectivity index is 1.87. The van der Waals surface area contributed by atoms with Crippen molar-refractivity contribution in [2.45, 2.75) is 26.4 Å². The number of ether oxygens (including phenoxy) is 1. The summed E-state index contributed by atoms with van der Waals surface area (Å²) in [6, 6.07) is 10.5. The Kier molecular flexibility index (Phi) is 5.35. The molecule has 0 aromatic heterocycles. The molecule has 0 bridgehead atoms. The number of hydrogen-bond donors (Lipinski definition) is 1. The minimum absolute atomic E-state index is 0.155. The van der Waals surface area contributed by atoms with E-state index in [2.05, 4.69) is 5.32 Å². The molecule has 0 saturated carbocycles. The summed E-state index contributed by atoms with van der Waals surface area (Å²) in [4.78, 5) is 12.7. The van der Waals surface area contributed by atoms with Gasteiger partial charge in [-0.2, -0.15) is 0 Å². The number of rotatable bonds is 3. The molecule has 27 heavy (non-hydrogen) atoms. The van der Waals surface area contributed by atoms with Crippen LogP contribution < -0.4 is 14.4 Å². The molecule has 1 N–H and O–H groups in total. The highest BCUT2D eigenvalue weighted by Gasteiger charge is 2.31. The average molecular weight is 409 g/mol. The zero-order chi connectivity index (χ0) is 19.8. The molecule has 6 nitrogen and oxygen atoms in total. The van der Waals surface area contributed by atoms with Gasteiger partial charge in [0.15, 0.2) is 6.10 Å². The van der Waals surface area contributed by atoms with E-state index in [1.54, 1.807) is 24.3 Å². The number of benzene rings is 2. The summed E-state index contributed by atoms with van der Waals surface area (Å²) in [6.45, 7) is 3.90. The number of carbonyl (C=O) groups is 1. The Morgan fingerprint density at radius 2 is 1.96 bits per heavy atom. The van der Waals surface area contributed by atoms with Crippen LogP contribution in [0, 0.1) is 13.8 Å². The van der Waals surface area contributed by atoms with Gasteiger partial charge in [0.05, 0.1) is 11.9 Å². The number of nitrogens with one attached hydrogen (secondary N) is 1. The normalized spacial score (nSPS) is 16.9. The second-order valence-electron chi connectivity index (χ2n) is 6.65. The van der Waals surface area contributed by atoms with Crippen molar-refractivity contribution in [3.8, 4) is 5.75 Å². The fourth-order valence-electron chi connectivity index (χ4n) is 2.91. The van der Waals surface area contributed by atoms with E-state index in [1.165, 1.54) is 4.31 Å². The lowest BCUT2D eigenvalue weighted by molar-refractivity contribution is -0.122. The molecule has 2 aromatic carbocycles. The van der Waals surface area contributed by atoms with Crippen LogP contribution in [0.5, 0.6) is 5.75 Å². The topological polar surface area (TPSA) is 75.7 Å². The van der Waals surface area contributed by atoms with Crippen LogP contribution in [-0.4, -0.2) is 33.2 Å². The monoisotopic (exact) mass is 408 g/mol. The highest BCUT2D eigenvalue weighted by Crippen LogP contribution is 2.35. The summed E-state index contributed by atoms with van der Waals surface area (Å²) in [5, 5.41) is 3.34. The van der Waals surface area contributed by atoms with Crippen LogP contribution >= 0.6 is 11.6 Å². The predicted octanol–water partition coefficient (Wildman–Crippen LogP) is 3.51. The number of carbonyl (C=O) groups excluding carboxylic acids is 1. The molecule has 0 unspecified atom stereocenters. The number of anilines is 2. The number of halogens is 1. The number of hydrogen-bond acceptors (Lipinski definition) is 4. The minimum atomic E-state index is -3.49. The molecule has 8 heteroatoms. The SMILES string of the molecule is Cc1ccc2c(c1)N(S(C)(=O)=O)CC[C@@H](C(=O)Nc1ccc(C)c(Cl)c1)O2. The fraction of sp³-hybridized carbons (Fsp3) is 0.316. The van der Waals surface area contributed by atoms with Gasteiger partial charge in [0.25, 0.3) is 5.91 Å². The second kappa shape index (κ2) is 7.40. The van der Waals surface area contributed by atoms with Crippen LogP contribution in [-0.2, 0) is 14.8 Å². The quantitative estimate of drug-likeness (QED) is 0.843. The molecule has 0 spiro atoms. The molecule has 1 aliphatic heterocycles. The molecule has 0 saturated heterocycles. The molecule has 3 rings (SSSR count). The first kappa shape index (κ1) is 19.5. The maximum absolute atomic E-state index is 12.7. The summed E-state index contributed by atoms with van der Waals surface area (Å²) >= 11 is 6.10. The lowest BCUT2D eigenvalue weighted by Crippen LogP contribution is -2.36. The Morgan fingerprint density at radius 3 is 2.63 bits per heavy atom. The molecule has 1 aliphatic rings. The van der Waals surface area contributed by atoms with Gasteiger partial charge in [-0.05, 0) is 49.2 Å². The van der Waals surface area contributed by atoms with Gasteiger partial charge in [0.2, 0.25) is 10.0 Å². The van der Waals surface area contributed by atoms with E-state index in [0.717, 1.165) is 17.4 Å². The summed E-state index contributed by atoms with van der Waals surface area (Å²) in [6.07, 6.45) is 0.554. The number of fused-ring (bicyclic) bond motifs is 1. The highest BCUT2D eigenvalue weighted by atomic mass is 35.5. The van der Waals surface area contributed by atoms with Crippen LogP contribution in [0.2, 0.25) is 5.02 Å². The molecule has 0 radical (unpaired) electrons. The maximum Gasteiger partial charge on any atom is 0.265 e. The van der Waals surface area contributed by atoms with E-state index in [9.17, 15) is 13.2 Å². The molecule has 2 aromatic rings. The first-order chi connectivity index (χ1) is 12.6. The smallest absolute Gasteiger partial charge is 0.265 e. The molecule has 1 amide bonds. The van der Waals surface area contributed by atoms with Crippen molar-refractivity contribution in [3.05, 3.63) is 52.5 Å². The second-order valence-corrected chi connectivity index (χ2v) is 8.97. The number of amides is 1. The molecule has 0 fully saturated rings. The standard InChI is InChI=1S/C19H21ClN2O4S/c1-12-4-7-17-16(10-12)22(27(3,24)25)9-8-18(26-17)19(23)21-14-6-5-13(2)15(20)11-14/h4-7,10-11,18H,8-9H2,1-3H3,(H,21,23)/t18-/m0/s1. The van der Waals surface area contributed by atoms with Crippen LogP contribution in [0.4, 0.5) is 11.4 Å². The third-order valence-corrected chi connectivity index (χ3v) is 5.97. The Labute approximate surface area is 164 Å². The maximum atomic E-state index is 12.7. The van der Waals surface area contributed by atoms with Gasteiger partial charge in [-0.25, -0.2) is 8.42 Å². The van der Waals surface area contributed by atoms with E-state index in [4.69, 9.17) is 16.3 Å². The van der Waals surface area contributed by atoms with Gasteiger partial charge in [-0.15, -0.1) is 0 Å². The highest BCUT2D eigenvalue weighted by molar-refractivity contribution is 7.92. The van der Waals surface area contributed by atoms with Crippen molar-refractivity contribution in [3.63, 3.8) is 0 Å². The summed E-state index contributed by atoms with van der Waals surface area (Å²) in [5.41, 5.74) is 2.83. The first-order valence-corrected chi connectivity index (χ1v) is 10.7. The summed E-state index contributed by atoms with van der Waals surface area (Å²) < 4.78 is 31.6. The molecule has 0 aliphatic carbocycles. The Bertz CT molecular complexity index is 991. The predicted molar refractivity (Wildman–Crippen MR) is 107 cm³/mol. The van der Waals surface area contributed by atoms with Crippen LogP contribution in [0.1, 0.15) is 17.5 Å². The van der Waals surface area contributed by atoms with Gasteiger partial charge >= 0.3 is 0 Å². The van der Waals surface area contributed by atoms with Gasteiger partial charge < -0.3 is 10.1 Å². The van der Waals surface area contributed by atoms with E-state index in [-0.39, 0.29) is 18.9 Å². The molecular formula is C19H21ClN2O4S. The van der Waals surface area contributed by atoms with Crippen molar-refractivity contribution < 1.29 is 17.9 Å². The van der Waals surface area contributed by atoms with E-state index >= 15 is 0 Å². The zero-order valence-corrected chi connectivity index (χ0v) is 16.9. The van der Waals surface area contributed by atoms with Crippen LogP contribution in [0.15, 0.2) is 36.4 Å². The van der Waals surface area contributed by atoms with Gasteiger partial charge in [-0.3, -0.25) is 9.10 Å². The van der Waals surface area contributed by atoms with Crippen LogP contribution in [0.25, 0.3) is 0 Å². The Hall–Kier alpha value is -2.25. The van der Waals surface area contributed by atoms with Crippen molar-refractivity contribution in [2.75, 3.05) is 22.4 Å². The van der Waals surface area contributed by atoms with Gasteiger partial charge in [0, 0.05) is 23.7 Å². The molecule has 1 atom stereocenters. The third kappa shape index (κ3) is 4.36. The third-order valence-electron chi connectivity index (χ3n) is 4.38. The average Bonchev–Trinajstić information content (AvgIpc) is 2.77. The number of aryl methyl sites for hydroxylation is 2. The molecule has 144 valence electrons. The zero-order valence-electron chi connectivity index (χ0n) is 15.3. The minimum Gasteiger partial charge on any atom is -0.478 e. The van der Waals surface area contributed by atoms with Crippen molar-refractivity contribution >= 4 is 38.9 Å². The van der Waals surface area contributed by atoms with Crippen molar-refractivity contribution in [1.29, 1.82) is 0 Å². The summed E-state index contributed by atoms with van der Waals surface area (Å²) in [7, 11) is -3.49. The van der Waals surface area contributed by atoms with Crippen LogP contribution in [0.3, 0.4) is 0 Å². The van der Waals surface area contributed by atoms with Gasteiger partial charge in [-0.1, -0.05) is 23.7 Å². The van der Waals surface area contributed by atoms with E-state index in [0.29, 0.717) is 22.1 Å². The summed E-state index contributed by atoms with van der Waals surface area (Å²) in [5.74, 6) is 0.0161. The number of nitrogens with zero attached hydrogens (tertiary/aromatic N) is 1. The largest absolute Gasteiger partial charge is 0.478 e. The Morgan fingerprint density at radius 1 is 1.22 bits per heavy atom. The lowest BCUT2D eigenvalue weighted by Gasteiger charge is -2.21. The molecule has 1 heterocycles. The first-order valence-electron chi connectivity index (χ1n) is 8.47. The van der Waals surface area contributed by atoms with Crippen molar-refractivity contribution in [1.82, 2.24) is 0 Å². The number of sulfonamides is 1.